The zero-order valence-electron chi connectivity index (χ0n) is 11.4. The molecule has 0 aliphatic rings. The quantitative estimate of drug-likeness (QED) is 0.865. The number of likely N-dealkylation sites (N-methyl/N-ethyl adjacent to an activating group) is 1. The van der Waals surface area contributed by atoms with Gasteiger partial charge in [-0.15, -0.1) is 0 Å². The normalized spacial score (nSPS) is 10.7. The summed E-state index contributed by atoms with van der Waals surface area (Å²) in [5.74, 6) is -0.130. The molecule has 2 aromatic rings. The second-order valence-corrected chi connectivity index (χ2v) is 4.43. The molecule has 1 N–H and O–H groups in total. The summed E-state index contributed by atoms with van der Waals surface area (Å²) >= 11 is 0. The number of aliphatic hydroxyl groups is 1. The third kappa shape index (κ3) is 3.33. The van der Waals surface area contributed by atoms with Gasteiger partial charge in [0.15, 0.2) is 0 Å². The molecule has 0 fully saturated rings. The molecule has 0 heterocycles. The monoisotopic (exact) mass is 267 g/mol. The first kappa shape index (κ1) is 14.0. The van der Waals surface area contributed by atoms with E-state index in [-0.39, 0.29) is 12.5 Å². The average molecular weight is 267 g/mol. The molecule has 0 spiro atoms. The van der Waals surface area contributed by atoms with Gasteiger partial charge in [0.05, 0.1) is 6.61 Å². The van der Waals surface area contributed by atoms with E-state index in [1.807, 2.05) is 48.5 Å². The van der Waals surface area contributed by atoms with Crippen LogP contribution in [0.3, 0.4) is 0 Å². The van der Waals surface area contributed by atoms with Crippen LogP contribution in [0.1, 0.15) is 11.1 Å². The number of benzene rings is 2. The van der Waals surface area contributed by atoms with Crippen molar-refractivity contribution in [1.82, 2.24) is 0 Å². The largest absolute Gasteiger partial charge is 0.392 e. The Hall–Kier alpha value is -2.39. The number of nitrogens with zero attached hydrogens (tertiary/aromatic N) is 1. The predicted molar refractivity (Wildman–Crippen MR) is 81.3 cm³/mol. The van der Waals surface area contributed by atoms with Gasteiger partial charge in [0.25, 0.3) is 5.91 Å². The van der Waals surface area contributed by atoms with Gasteiger partial charge < -0.3 is 10.0 Å². The highest BCUT2D eigenvalue weighted by Crippen LogP contribution is 2.19. The average Bonchev–Trinajstić information content (AvgIpc) is 2.52. The molecular formula is C17H17NO2. The van der Waals surface area contributed by atoms with Crippen molar-refractivity contribution in [3.8, 4) is 0 Å². The van der Waals surface area contributed by atoms with Crippen LogP contribution in [0.25, 0.3) is 6.08 Å². The Balaban J connectivity index is 2.15. The molecule has 0 unspecified atom stereocenters. The summed E-state index contributed by atoms with van der Waals surface area (Å²) in [4.78, 5) is 13.7. The molecule has 0 radical (unpaired) electrons. The molecule has 0 aliphatic heterocycles. The van der Waals surface area contributed by atoms with E-state index in [9.17, 15) is 9.90 Å². The molecule has 0 aromatic heterocycles. The van der Waals surface area contributed by atoms with Gasteiger partial charge in [0.2, 0.25) is 0 Å². The minimum absolute atomic E-state index is 0.0871. The summed E-state index contributed by atoms with van der Waals surface area (Å²) in [6, 6.07) is 17.0. The fraction of sp³-hybridized carbons (Fsp3) is 0.118. The Bertz CT molecular complexity index is 605. The second-order valence-electron chi connectivity index (χ2n) is 4.43. The van der Waals surface area contributed by atoms with Gasteiger partial charge in [-0.25, -0.2) is 0 Å². The van der Waals surface area contributed by atoms with Crippen molar-refractivity contribution in [2.75, 3.05) is 11.9 Å². The lowest BCUT2D eigenvalue weighted by Gasteiger charge is -2.18. The predicted octanol–water partition coefficient (Wildman–Crippen LogP) is 2.86. The lowest BCUT2D eigenvalue weighted by molar-refractivity contribution is -0.113. The summed E-state index contributed by atoms with van der Waals surface area (Å²) in [6.45, 7) is -0.0871. The van der Waals surface area contributed by atoms with Crippen LogP contribution in [-0.2, 0) is 11.4 Å². The number of hydrogen-bond donors (Lipinski definition) is 1. The van der Waals surface area contributed by atoms with E-state index in [0.717, 1.165) is 16.8 Å². The van der Waals surface area contributed by atoms with Crippen molar-refractivity contribution in [2.45, 2.75) is 6.61 Å². The van der Waals surface area contributed by atoms with Gasteiger partial charge in [-0.05, 0) is 17.7 Å². The van der Waals surface area contributed by atoms with Crippen LogP contribution >= 0.6 is 0 Å². The van der Waals surface area contributed by atoms with Crippen LogP contribution in [0, 0.1) is 0 Å². The number of hydrogen-bond acceptors (Lipinski definition) is 2. The zero-order valence-corrected chi connectivity index (χ0v) is 11.4. The van der Waals surface area contributed by atoms with Gasteiger partial charge >= 0.3 is 0 Å². The molecule has 2 rings (SSSR count). The van der Waals surface area contributed by atoms with Crippen LogP contribution in [0.2, 0.25) is 0 Å². The van der Waals surface area contributed by atoms with Gasteiger partial charge in [0.1, 0.15) is 0 Å². The minimum atomic E-state index is -0.130. The van der Waals surface area contributed by atoms with Crippen LogP contribution in [0.5, 0.6) is 0 Å². The first-order chi connectivity index (χ1) is 9.72. The summed E-state index contributed by atoms with van der Waals surface area (Å²) in [5.41, 5.74) is 2.43. The number of carbonyl (C=O) groups excluding carboxylic acids is 1. The molecule has 3 nitrogen and oxygen atoms in total. The number of para-hydroxylation sites is 1. The van der Waals surface area contributed by atoms with Crippen LogP contribution in [0.4, 0.5) is 5.69 Å². The summed E-state index contributed by atoms with van der Waals surface area (Å²) in [5, 5.41) is 9.30. The Morgan fingerprint density at radius 3 is 2.45 bits per heavy atom. The molecule has 2 aromatic carbocycles. The van der Waals surface area contributed by atoms with Crippen molar-refractivity contribution in [3.63, 3.8) is 0 Å². The minimum Gasteiger partial charge on any atom is -0.392 e. The highest BCUT2D eigenvalue weighted by Gasteiger charge is 2.10. The standard InChI is InChI=1S/C17H17NO2/c1-18(16-10-6-5-9-15(16)13-19)17(20)12-11-14-7-3-2-4-8-14/h2-12,19H,13H2,1H3/b12-11+. The summed E-state index contributed by atoms with van der Waals surface area (Å²) in [6.07, 6.45) is 3.31. The van der Waals surface area contributed by atoms with E-state index in [4.69, 9.17) is 0 Å². The molecule has 1 amide bonds. The molecule has 3 heteroatoms. The summed E-state index contributed by atoms with van der Waals surface area (Å²) < 4.78 is 0. The van der Waals surface area contributed by atoms with Crippen molar-refractivity contribution < 1.29 is 9.90 Å². The number of rotatable bonds is 4. The van der Waals surface area contributed by atoms with E-state index in [2.05, 4.69) is 0 Å². The van der Waals surface area contributed by atoms with Crippen LogP contribution < -0.4 is 4.90 Å². The fourth-order valence-electron chi connectivity index (χ4n) is 1.93. The molecule has 20 heavy (non-hydrogen) atoms. The second kappa shape index (κ2) is 6.68. The first-order valence-corrected chi connectivity index (χ1v) is 6.42. The first-order valence-electron chi connectivity index (χ1n) is 6.42. The number of amides is 1. The molecular weight excluding hydrogens is 250 g/mol. The number of aliphatic hydroxyl groups excluding tert-OH is 1. The maximum Gasteiger partial charge on any atom is 0.250 e. The summed E-state index contributed by atoms with van der Waals surface area (Å²) in [7, 11) is 1.70. The SMILES string of the molecule is CN(C(=O)/C=C/c1ccccc1)c1ccccc1CO. The highest BCUT2D eigenvalue weighted by atomic mass is 16.3. The molecule has 0 bridgehead atoms. The van der Waals surface area contributed by atoms with Crippen molar-refractivity contribution in [3.05, 3.63) is 71.8 Å². The van der Waals surface area contributed by atoms with E-state index in [1.165, 1.54) is 11.0 Å². The highest BCUT2D eigenvalue weighted by molar-refractivity contribution is 6.03. The Labute approximate surface area is 118 Å². The van der Waals surface area contributed by atoms with E-state index >= 15 is 0 Å². The topological polar surface area (TPSA) is 40.5 Å². The number of carbonyl (C=O) groups is 1. The lowest BCUT2D eigenvalue weighted by Crippen LogP contribution is -2.25. The van der Waals surface area contributed by atoms with E-state index < -0.39 is 0 Å². The fourth-order valence-corrected chi connectivity index (χ4v) is 1.93. The third-order valence-corrected chi connectivity index (χ3v) is 3.07. The molecule has 0 atom stereocenters. The molecule has 0 saturated carbocycles. The Morgan fingerprint density at radius 1 is 1.10 bits per heavy atom. The number of anilines is 1. The Morgan fingerprint density at radius 2 is 1.75 bits per heavy atom. The third-order valence-electron chi connectivity index (χ3n) is 3.07. The smallest absolute Gasteiger partial charge is 0.250 e. The van der Waals surface area contributed by atoms with Crippen molar-refractivity contribution in [2.24, 2.45) is 0 Å². The maximum atomic E-state index is 12.1. The van der Waals surface area contributed by atoms with Crippen LogP contribution in [0.15, 0.2) is 60.7 Å². The molecule has 0 aliphatic carbocycles. The van der Waals surface area contributed by atoms with Gasteiger partial charge in [-0.1, -0.05) is 48.5 Å². The van der Waals surface area contributed by atoms with E-state index in [0.29, 0.717) is 0 Å². The lowest BCUT2D eigenvalue weighted by atomic mass is 10.1. The van der Waals surface area contributed by atoms with Gasteiger partial charge in [-0.3, -0.25) is 4.79 Å². The van der Waals surface area contributed by atoms with Gasteiger partial charge in [0, 0.05) is 24.4 Å². The Kier molecular flexibility index (Phi) is 4.69. The van der Waals surface area contributed by atoms with Crippen molar-refractivity contribution in [1.29, 1.82) is 0 Å². The van der Waals surface area contributed by atoms with Gasteiger partial charge in [-0.2, -0.15) is 0 Å². The zero-order chi connectivity index (χ0) is 14.4. The maximum absolute atomic E-state index is 12.1. The van der Waals surface area contributed by atoms with Crippen LogP contribution in [-0.4, -0.2) is 18.1 Å². The van der Waals surface area contributed by atoms with E-state index in [1.54, 1.807) is 19.2 Å². The molecule has 0 saturated heterocycles. The van der Waals surface area contributed by atoms with Crippen molar-refractivity contribution >= 4 is 17.7 Å². The molecule has 102 valence electrons.